The summed E-state index contributed by atoms with van der Waals surface area (Å²) >= 11 is 0. The highest BCUT2D eigenvalue weighted by molar-refractivity contribution is 4.64. The first-order valence-corrected chi connectivity index (χ1v) is 9.59. The third-order valence-corrected chi connectivity index (χ3v) is 4.20. The Kier molecular flexibility index (Phi) is 17.1. The van der Waals surface area contributed by atoms with E-state index in [2.05, 4.69) is 27.2 Å². The van der Waals surface area contributed by atoms with Crippen molar-refractivity contribution < 1.29 is 0 Å². The van der Waals surface area contributed by atoms with Crippen molar-refractivity contribution in [2.75, 3.05) is 0 Å². The molecule has 0 saturated carbocycles. The largest absolute Gasteiger partial charge is 0.0654 e. The maximum Gasteiger partial charge on any atom is -0.0386 e. The number of rotatable bonds is 16. The molecular weight excluding hydrogens is 240 g/mol. The first-order chi connectivity index (χ1) is 9.77. The molecule has 1 radical (unpaired) electrons. The molecule has 0 rings (SSSR count). The van der Waals surface area contributed by atoms with Gasteiger partial charge in [-0.05, 0) is 12.3 Å². The lowest BCUT2D eigenvalue weighted by Gasteiger charge is -2.04. The quantitative estimate of drug-likeness (QED) is 0.254. The minimum absolute atomic E-state index is 0.892. The zero-order chi connectivity index (χ0) is 14.9. The summed E-state index contributed by atoms with van der Waals surface area (Å²) in [4.78, 5) is 0. The van der Waals surface area contributed by atoms with Gasteiger partial charge in [0.15, 0.2) is 0 Å². The molecule has 0 aromatic carbocycles. The van der Waals surface area contributed by atoms with Gasteiger partial charge in [-0.3, -0.25) is 0 Å². The van der Waals surface area contributed by atoms with Crippen LogP contribution in [0, 0.1) is 12.3 Å². The molecule has 0 unspecified atom stereocenters. The molecule has 0 aliphatic carbocycles. The van der Waals surface area contributed by atoms with Gasteiger partial charge in [-0.2, -0.15) is 0 Å². The van der Waals surface area contributed by atoms with Crippen molar-refractivity contribution in [2.24, 2.45) is 5.92 Å². The van der Waals surface area contributed by atoms with Gasteiger partial charge in [0.1, 0.15) is 0 Å². The molecule has 0 aromatic heterocycles. The van der Waals surface area contributed by atoms with Gasteiger partial charge in [0, 0.05) is 0 Å². The average molecular weight is 282 g/mol. The smallest absolute Gasteiger partial charge is 0.0386 e. The Morgan fingerprint density at radius 1 is 0.600 bits per heavy atom. The third kappa shape index (κ3) is 18.0. The second kappa shape index (κ2) is 17.1. The number of hydrogen-bond acceptors (Lipinski definition) is 0. The molecule has 0 N–H and O–H groups in total. The van der Waals surface area contributed by atoms with Crippen molar-refractivity contribution in [1.82, 2.24) is 0 Å². The van der Waals surface area contributed by atoms with E-state index in [0.717, 1.165) is 5.92 Å². The topological polar surface area (TPSA) is 0 Å². The monoisotopic (exact) mass is 281 g/mol. The zero-order valence-corrected chi connectivity index (χ0v) is 14.8. The van der Waals surface area contributed by atoms with Gasteiger partial charge >= 0.3 is 0 Å². The van der Waals surface area contributed by atoms with Crippen LogP contribution in [0.5, 0.6) is 0 Å². The second-order valence-electron chi connectivity index (χ2n) is 6.94. The molecule has 0 aliphatic rings. The molecule has 0 spiro atoms. The van der Waals surface area contributed by atoms with Crippen molar-refractivity contribution in [3.05, 3.63) is 6.42 Å². The van der Waals surface area contributed by atoms with Gasteiger partial charge in [-0.15, -0.1) is 0 Å². The van der Waals surface area contributed by atoms with Crippen LogP contribution in [0.4, 0.5) is 0 Å². The van der Waals surface area contributed by atoms with Gasteiger partial charge in [0.05, 0.1) is 0 Å². The van der Waals surface area contributed by atoms with Crippen molar-refractivity contribution in [3.63, 3.8) is 0 Å². The van der Waals surface area contributed by atoms with E-state index in [1.54, 1.807) is 0 Å². The lowest BCUT2D eigenvalue weighted by molar-refractivity contribution is 0.517. The Morgan fingerprint density at radius 3 is 1.55 bits per heavy atom. The Balaban J connectivity index is 2.92. The minimum Gasteiger partial charge on any atom is -0.0654 e. The molecule has 0 bridgehead atoms. The predicted octanol–water partition coefficient (Wildman–Crippen LogP) is 7.72. The molecule has 0 aromatic rings. The Labute approximate surface area is 130 Å². The normalized spacial score (nSPS) is 11.4. The van der Waals surface area contributed by atoms with Gasteiger partial charge in [-0.1, -0.05) is 117 Å². The van der Waals surface area contributed by atoms with E-state index in [-0.39, 0.29) is 0 Å². The summed E-state index contributed by atoms with van der Waals surface area (Å²) in [5, 5.41) is 0. The highest BCUT2D eigenvalue weighted by Crippen LogP contribution is 2.14. The SMILES string of the molecule is CCCCCCCCCC[CH]CCCCCCC(C)C. The van der Waals surface area contributed by atoms with Crippen LogP contribution in [0.2, 0.25) is 0 Å². The molecule has 0 amide bonds. The van der Waals surface area contributed by atoms with E-state index in [0.29, 0.717) is 0 Å². The fraction of sp³-hybridized carbons (Fsp3) is 0.950. The third-order valence-electron chi connectivity index (χ3n) is 4.20. The highest BCUT2D eigenvalue weighted by Gasteiger charge is 1.96. The van der Waals surface area contributed by atoms with Crippen molar-refractivity contribution in [1.29, 1.82) is 0 Å². The van der Waals surface area contributed by atoms with E-state index in [4.69, 9.17) is 0 Å². The van der Waals surface area contributed by atoms with Gasteiger partial charge in [0.2, 0.25) is 0 Å². The Bertz CT molecular complexity index is 159. The fourth-order valence-electron chi connectivity index (χ4n) is 2.76. The maximum atomic E-state index is 2.54. The maximum absolute atomic E-state index is 2.54. The van der Waals surface area contributed by atoms with Crippen LogP contribution < -0.4 is 0 Å². The highest BCUT2D eigenvalue weighted by atomic mass is 14.0. The summed E-state index contributed by atoms with van der Waals surface area (Å²) in [5.41, 5.74) is 0. The summed E-state index contributed by atoms with van der Waals surface area (Å²) in [6.45, 7) is 6.95. The van der Waals surface area contributed by atoms with E-state index < -0.39 is 0 Å². The standard InChI is InChI=1S/C20H41/c1-4-5-6-7-8-9-10-11-12-13-14-15-16-17-18-19-20(2)3/h13,20H,4-12,14-19H2,1-3H3. The van der Waals surface area contributed by atoms with Crippen LogP contribution in [-0.4, -0.2) is 0 Å². The molecule has 0 heterocycles. The van der Waals surface area contributed by atoms with Crippen LogP contribution in [-0.2, 0) is 0 Å². The molecule has 0 heteroatoms. The number of unbranched alkanes of at least 4 members (excludes halogenated alkanes) is 14. The van der Waals surface area contributed by atoms with E-state index in [9.17, 15) is 0 Å². The van der Waals surface area contributed by atoms with Crippen molar-refractivity contribution >= 4 is 0 Å². The van der Waals surface area contributed by atoms with Crippen LogP contribution in [0.25, 0.3) is 0 Å². The predicted molar refractivity (Wildman–Crippen MR) is 94.1 cm³/mol. The van der Waals surface area contributed by atoms with Crippen molar-refractivity contribution in [2.45, 2.75) is 117 Å². The zero-order valence-electron chi connectivity index (χ0n) is 14.8. The Morgan fingerprint density at radius 2 is 1.05 bits per heavy atom. The molecule has 0 saturated heterocycles. The van der Waals surface area contributed by atoms with Crippen LogP contribution in [0.15, 0.2) is 0 Å². The first kappa shape index (κ1) is 20.0. The van der Waals surface area contributed by atoms with Gasteiger partial charge < -0.3 is 0 Å². The van der Waals surface area contributed by atoms with Crippen LogP contribution in [0.3, 0.4) is 0 Å². The first-order valence-electron chi connectivity index (χ1n) is 9.59. The molecule has 121 valence electrons. The lowest BCUT2D eigenvalue weighted by atomic mass is 10.0. The molecular formula is C20H41. The van der Waals surface area contributed by atoms with Gasteiger partial charge in [-0.25, -0.2) is 0 Å². The van der Waals surface area contributed by atoms with E-state index in [1.165, 1.54) is 96.3 Å². The van der Waals surface area contributed by atoms with E-state index in [1.807, 2.05) is 0 Å². The van der Waals surface area contributed by atoms with Gasteiger partial charge in [0.25, 0.3) is 0 Å². The summed E-state index contributed by atoms with van der Waals surface area (Å²) < 4.78 is 0. The van der Waals surface area contributed by atoms with Crippen LogP contribution >= 0.6 is 0 Å². The average Bonchev–Trinajstić information content (AvgIpc) is 2.43. The van der Waals surface area contributed by atoms with Crippen molar-refractivity contribution in [3.8, 4) is 0 Å². The summed E-state index contributed by atoms with van der Waals surface area (Å²) in [5.74, 6) is 0.892. The second-order valence-corrected chi connectivity index (χ2v) is 6.94. The fourth-order valence-corrected chi connectivity index (χ4v) is 2.76. The van der Waals surface area contributed by atoms with E-state index >= 15 is 0 Å². The minimum atomic E-state index is 0.892. The lowest BCUT2D eigenvalue weighted by Crippen LogP contribution is -1.87. The summed E-state index contributed by atoms with van der Waals surface area (Å²) in [7, 11) is 0. The molecule has 0 nitrogen and oxygen atoms in total. The summed E-state index contributed by atoms with van der Waals surface area (Å²) in [6, 6.07) is 0. The molecule has 0 atom stereocenters. The molecule has 20 heavy (non-hydrogen) atoms. The molecule has 0 fully saturated rings. The molecule has 0 aliphatic heterocycles. The number of hydrogen-bond donors (Lipinski definition) is 0. The summed E-state index contributed by atoms with van der Waals surface area (Å²) in [6.07, 6.45) is 24.0. The Hall–Kier alpha value is 0. The van der Waals surface area contributed by atoms with Crippen LogP contribution in [0.1, 0.15) is 117 Å².